The molecule has 13 saturated heterocycles. The molecule has 588 valence electrons. The Morgan fingerprint density at radius 2 is 1.08 bits per heavy atom. The maximum absolute atomic E-state index is 8.66. The van der Waals surface area contributed by atoms with E-state index in [1.165, 1.54) is 196 Å². The smallest absolute Gasteiger partial charge is 0.106 e. The van der Waals surface area contributed by atoms with Crippen LogP contribution in [0.25, 0.3) is 0 Å². The second-order valence-electron chi connectivity index (χ2n) is 35.8. The minimum absolute atomic E-state index is 0.0601. The van der Waals surface area contributed by atoms with Crippen molar-refractivity contribution in [1.29, 1.82) is 5.26 Å². The molecule has 13 aliphatic heterocycles. The van der Waals surface area contributed by atoms with Crippen molar-refractivity contribution in [3.05, 3.63) is 0 Å². The van der Waals surface area contributed by atoms with E-state index in [1.807, 2.05) is 7.05 Å². The van der Waals surface area contributed by atoms with Crippen LogP contribution in [-0.4, -0.2) is 380 Å². The molecule has 19 atom stereocenters. The van der Waals surface area contributed by atoms with Gasteiger partial charge < -0.3 is 109 Å². The first kappa shape index (κ1) is 86.4. The van der Waals surface area contributed by atoms with Crippen molar-refractivity contribution in [3.8, 4) is 6.07 Å². The Bertz CT molecular complexity index is 2250. The molecule has 17 fully saturated rings. The second kappa shape index (κ2) is 43.9. The number of hydrogen-bond acceptors (Lipinski definition) is 24. The Morgan fingerprint density at radius 1 is 0.535 bits per heavy atom. The van der Waals surface area contributed by atoms with Gasteiger partial charge in [0.25, 0.3) is 0 Å². The molecule has 0 spiro atoms. The van der Waals surface area contributed by atoms with Crippen molar-refractivity contribution in [2.75, 3.05) is 268 Å². The molecular formula is C77H158N22O2. The Balaban J connectivity index is 0.000000156. The van der Waals surface area contributed by atoms with Crippen LogP contribution in [0.4, 0.5) is 0 Å². The molecule has 0 aromatic carbocycles. The number of oxime groups is 1. The third kappa shape index (κ3) is 32.1. The van der Waals surface area contributed by atoms with Crippen LogP contribution in [0.3, 0.4) is 0 Å². The first-order chi connectivity index (χ1) is 48.2. The number of nitrogens with two attached hydrogens (primary N) is 5. The van der Waals surface area contributed by atoms with Crippen molar-refractivity contribution in [3.63, 3.8) is 0 Å². The van der Waals surface area contributed by atoms with Crippen molar-refractivity contribution >= 4 is 5.71 Å². The number of nitrogens with one attached hydrogen (secondary N) is 4. The van der Waals surface area contributed by atoms with Crippen LogP contribution >= 0.6 is 0 Å². The third-order valence-corrected chi connectivity index (χ3v) is 24.9. The normalized spacial score (nSPS) is 39.1. The van der Waals surface area contributed by atoms with Crippen LogP contribution in [0.2, 0.25) is 0 Å². The number of rotatable bonds is 8. The van der Waals surface area contributed by atoms with Gasteiger partial charge in [0.15, 0.2) is 0 Å². The molecule has 4 saturated carbocycles. The number of hydrogen-bond donors (Lipinski definition) is 10. The monoisotopic (exact) mass is 1420 g/mol. The summed E-state index contributed by atoms with van der Waals surface area (Å²) < 4.78 is 0. The SMILES string of the molecule is CN1CCCC(N)CC1.CN1CCCC[C@@H](N)C1.CN1CC[C@@H](CO)C1.CN1CC[C@@](C)(N)C1.CN1C[C@@H]2C(NCC3CC3)[C@@H]2C1.CN1C[C@@H]2C(NCCC#N)[C@@H]2C1.CN1C[C@H]2CNC[C@H]2C1.CN1C[C@H]2CN[C@H]2C1.CN1C[C@H]2C[C@H]2C1.CO/N=C1\CN(C)C[C@@H]1N.C[C@@H]1CCN(C)C[C@@H]1N. The third-order valence-electron chi connectivity index (χ3n) is 24.9. The van der Waals surface area contributed by atoms with E-state index in [4.69, 9.17) is 39.0 Å². The van der Waals surface area contributed by atoms with E-state index in [0.29, 0.717) is 37.1 Å². The largest absolute Gasteiger partial charge is 0.399 e. The summed E-state index contributed by atoms with van der Waals surface area (Å²) in [6.07, 6.45) is 16.2. The molecule has 17 aliphatic rings. The van der Waals surface area contributed by atoms with Crippen molar-refractivity contribution < 1.29 is 9.94 Å². The zero-order valence-electron chi connectivity index (χ0n) is 67.0. The molecule has 15 N–H and O–H groups in total. The number of nitrogens with zero attached hydrogens (tertiary/aromatic N) is 13. The van der Waals surface area contributed by atoms with Gasteiger partial charge in [0.05, 0.1) is 17.8 Å². The predicted molar refractivity (Wildman–Crippen MR) is 420 cm³/mol. The second-order valence-corrected chi connectivity index (χ2v) is 35.8. The topological polar surface area (TPSA) is 279 Å². The van der Waals surface area contributed by atoms with E-state index < -0.39 is 0 Å². The number of piperidine rings is 4. The van der Waals surface area contributed by atoms with Crippen LogP contribution < -0.4 is 49.9 Å². The van der Waals surface area contributed by atoms with Crippen molar-refractivity contribution in [2.24, 2.45) is 105 Å². The summed E-state index contributed by atoms with van der Waals surface area (Å²) in [6.45, 7) is 37.0. The molecule has 0 bridgehead atoms. The minimum Gasteiger partial charge on any atom is -0.399 e. The summed E-state index contributed by atoms with van der Waals surface area (Å²) in [7, 11) is 25.2. The predicted octanol–water partition coefficient (Wildman–Crippen LogP) is 0.826. The summed E-state index contributed by atoms with van der Waals surface area (Å²) in [6, 6.07) is 6.00. The summed E-state index contributed by atoms with van der Waals surface area (Å²) in [5.74, 6) is 11.3. The highest BCUT2D eigenvalue weighted by Gasteiger charge is 2.55. The number of aliphatic hydroxyl groups is 1. The fraction of sp³-hybridized carbons (Fsp3) is 0.974. The lowest BCUT2D eigenvalue weighted by molar-refractivity contribution is 0.201. The Kier molecular flexibility index (Phi) is 37.6. The van der Waals surface area contributed by atoms with Gasteiger partial charge >= 0.3 is 0 Å². The molecule has 101 heavy (non-hydrogen) atoms. The van der Waals surface area contributed by atoms with Crippen molar-refractivity contribution in [1.82, 2.24) is 75.2 Å². The summed E-state index contributed by atoms with van der Waals surface area (Å²) in [5.41, 5.74) is 29.9. The molecule has 24 nitrogen and oxygen atoms in total. The average molecular weight is 1420 g/mol. The molecule has 3 unspecified atom stereocenters. The highest BCUT2D eigenvalue weighted by molar-refractivity contribution is 5.92. The molecule has 0 radical (unpaired) electrons. The summed E-state index contributed by atoms with van der Waals surface area (Å²) in [4.78, 5) is 30.3. The molecule has 4 aliphatic carbocycles. The fourth-order valence-electron chi connectivity index (χ4n) is 17.8. The summed E-state index contributed by atoms with van der Waals surface area (Å²) >= 11 is 0. The standard InChI is InChI=1S/C10H18N2.C9H15N3.C7H14N2.3C7H16N2.C6H13N3O.C6H12N2.C6H14N2.C6H13NO.C6H11N/c1-12-5-8-9(6-12)10(8)11-4-7-2-3-7;1-12-5-7-8(6-12)9(7)11-4-2-3-10;1-9-4-6-2-8-3-7(6)5-9;1-6-3-4-9(2)5-7(6)8;1-9-5-2-3-7(8)4-6-9;1-9-5-3-2-4-7(8)6-9;1-9-3-5(7)6(4-9)8-10-2;1-8-3-5-2-7-6(5)4-8;1-6(7)3-4-8(2)5-6;1-7-3-2-6(4-7)5-8;1-7-3-5-2-6(5)4-7/h7-11H,2-6H2,1H3;7-9,11H,2,4-6H2,1H3;6-8H,2-5H2,1H3;6-7H,3-5,8H2,1-2H3;2*7H,2-6,8H2,1H3;5H,3-4,7H2,1-2H3;5-7H,2-4H2,1H3;3-5,7H2,1-2H3;6,8H,2-5H2,1H3;5-6H,2-4H2,1H3/b;;;;;;8-6+;;;;/t8-,9+,10?;7-,8+,9?;2*6-,7+;;7-;5-;5-,6+;2*6-;5-,6+/m...1.10111./s1. The highest BCUT2D eigenvalue weighted by atomic mass is 16.6. The van der Waals surface area contributed by atoms with E-state index in [2.05, 4.69) is 176 Å². The highest BCUT2D eigenvalue weighted by Crippen LogP contribution is 2.46. The van der Waals surface area contributed by atoms with Crippen LogP contribution in [0, 0.1) is 82.3 Å². The van der Waals surface area contributed by atoms with Gasteiger partial charge in [-0.2, -0.15) is 5.26 Å². The molecule has 13 heterocycles. The molecule has 24 heteroatoms. The van der Waals surface area contributed by atoms with Crippen LogP contribution in [0.15, 0.2) is 5.16 Å². The molecular weight excluding hydrogens is 1260 g/mol. The maximum atomic E-state index is 8.66. The number of likely N-dealkylation sites (tertiary alicyclic amines) is 11. The van der Waals surface area contributed by atoms with Gasteiger partial charge in [0.1, 0.15) is 7.11 Å². The minimum atomic E-state index is 0.0601. The van der Waals surface area contributed by atoms with Gasteiger partial charge in [-0.3, -0.25) is 4.90 Å². The van der Waals surface area contributed by atoms with E-state index in [9.17, 15) is 0 Å². The van der Waals surface area contributed by atoms with E-state index in [0.717, 1.165) is 154 Å². The lowest BCUT2D eigenvalue weighted by Crippen LogP contribution is -2.51. The van der Waals surface area contributed by atoms with E-state index in [1.54, 1.807) is 0 Å². The Morgan fingerprint density at radius 3 is 1.51 bits per heavy atom. The molecule has 17 rings (SSSR count). The van der Waals surface area contributed by atoms with E-state index in [-0.39, 0.29) is 11.6 Å². The quantitative estimate of drug-likeness (QED) is 0.119. The first-order valence-corrected chi connectivity index (χ1v) is 40.5. The molecule has 0 aromatic heterocycles. The van der Waals surface area contributed by atoms with Crippen LogP contribution in [0.5, 0.6) is 0 Å². The van der Waals surface area contributed by atoms with E-state index >= 15 is 0 Å². The Hall–Kier alpha value is -1.88. The molecule has 0 amide bonds. The van der Waals surface area contributed by atoms with Gasteiger partial charge in [0.2, 0.25) is 0 Å². The average Bonchev–Trinajstić information content (AvgIpc) is 1.60. The number of aliphatic hydroxyl groups excluding tert-OH is 1. The number of fused-ring (bicyclic) bond motifs is 5. The summed E-state index contributed by atoms with van der Waals surface area (Å²) in [5, 5.41) is 34.8. The fourth-order valence-corrected chi connectivity index (χ4v) is 17.8. The van der Waals surface area contributed by atoms with Gasteiger partial charge in [-0.1, -0.05) is 18.5 Å². The van der Waals surface area contributed by atoms with Gasteiger partial charge in [-0.15, -0.1) is 0 Å². The van der Waals surface area contributed by atoms with Gasteiger partial charge in [-0.05, 0) is 279 Å². The first-order valence-electron chi connectivity index (χ1n) is 40.5. The lowest BCUT2D eigenvalue weighted by atomic mass is 9.95. The number of nitriles is 1. The molecule has 0 aromatic rings. The maximum Gasteiger partial charge on any atom is 0.106 e. The van der Waals surface area contributed by atoms with Gasteiger partial charge in [0, 0.05) is 179 Å². The van der Waals surface area contributed by atoms with Crippen molar-refractivity contribution in [2.45, 2.75) is 145 Å². The van der Waals surface area contributed by atoms with Gasteiger partial charge in [-0.25, -0.2) is 0 Å². The number of likely N-dealkylation sites (N-methyl/N-ethyl adjacent to an activating group) is 5. The Labute approximate surface area is 617 Å². The zero-order valence-corrected chi connectivity index (χ0v) is 67.0. The lowest BCUT2D eigenvalue weighted by Gasteiger charge is -2.32. The van der Waals surface area contributed by atoms with Crippen LogP contribution in [0.1, 0.15) is 97.3 Å². The zero-order chi connectivity index (χ0) is 73.3. The van der Waals surface area contributed by atoms with Crippen LogP contribution in [-0.2, 0) is 4.84 Å².